The molecular formula is C18H19N3O4. The van der Waals surface area contributed by atoms with Gasteiger partial charge in [-0.25, -0.2) is 4.98 Å². The highest BCUT2D eigenvalue weighted by molar-refractivity contribution is 5.94. The smallest absolute Gasteiger partial charge is 0.276 e. The Kier molecular flexibility index (Phi) is 3.80. The maximum absolute atomic E-state index is 12.8. The molecule has 0 radical (unpaired) electrons. The third-order valence-corrected chi connectivity index (χ3v) is 5.26. The van der Waals surface area contributed by atoms with Gasteiger partial charge in [0.1, 0.15) is 5.75 Å². The summed E-state index contributed by atoms with van der Waals surface area (Å²) >= 11 is 0. The topological polar surface area (TPSA) is 95.7 Å². The van der Waals surface area contributed by atoms with Crippen LogP contribution >= 0.6 is 0 Å². The fourth-order valence-electron chi connectivity index (χ4n) is 4.15. The number of aromatic hydroxyl groups is 1. The van der Waals surface area contributed by atoms with Crippen LogP contribution in [-0.4, -0.2) is 50.3 Å². The van der Waals surface area contributed by atoms with E-state index in [0.29, 0.717) is 13.1 Å². The van der Waals surface area contributed by atoms with Gasteiger partial charge >= 0.3 is 0 Å². The molecule has 2 aromatic heterocycles. The summed E-state index contributed by atoms with van der Waals surface area (Å²) in [5.74, 6) is -0.439. The van der Waals surface area contributed by atoms with E-state index in [1.165, 1.54) is 18.3 Å². The van der Waals surface area contributed by atoms with E-state index in [0.717, 1.165) is 12.1 Å². The van der Waals surface area contributed by atoms with E-state index < -0.39 is 0 Å². The molecule has 7 nitrogen and oxygen atoms in total. The average Bonchev–Trinajstić information content (AvgIpc) is 2.62. The minimum atomic E-state index is -0.340. The van der Waals surface area contributed by atoms with E-state index >= 15 is 0 Å². The summed E-state index contributed by atoms with van der Waals surface area (Å²) in [6, 6.07) is 7.78. The number of hydrogen-bond donors (Lipinski definition) is 2. The first-order chi connectivity index (χ1) is 12.1. The van der Waals surface area contributed by atoms with Crippen molar-refractivity contribution in [2.24, 2.45) is 5.92 Å². The second kappa shape index (κ2) is 6.00. The van der Waals surface area contributed by atoms with Gasteiger partial charge in [-0.3, -0.25) is 9.59 Å². The summed E-state index contributed by atoms with van der Waals surface area (Å²) in [7, 11) is 0. The fraction of sp³-hybridized carbons (Fsp3) is 0.389. The van der Waals surface area contributed by atoms with Gasteiger partial charge in [-0.2, -0.15) is 0 Å². The molecule has 4 heterocycles. The number of fused-ring (bicyclic) bond motifs is 4. The minimum Gasteiger partial charge on any atom is -0.505 e. The number of aliphatic hydroxyl groups excluding tert-OH is 1. The number of hydrogen-bond acceptors (Lipinski definition) is 5. The number of amides is 1. The molecule has 2 aliphatic rings. The molecule has 2 aliphatic heterocycles. The SMILES string of the molecule is O=C(c1ncccc1O)N1C[C@H]2C[C@@H](C1)[C@H](CO)n1c2cccc1=O. The zero-order chi connectivity index (χ0) is 17.6. The van der Waals surface area contributed by atoms with Gasteiger partial charge in [-0.15, -0.1) is 0 Å². The molecule has 1 saturated heterocycles. The first kappa shape index (κ1) is 15.8. The number of piperidine rings is 1. The normalized spacial score (nSPS) is 24.7. The Morgan fingerprint density at radius 1 is 1.24 bits per heavy atom. The van der Waals surface area contributed by atoms with Crippen LogP contribution in [0.1, 0.15) is 34.6 Å². The summed E-state index contributed by atoms with van der Waals surface area (Å²) in [4.78, 5) is 30.7. The van der Waals surface area contributed by atoms with Crippen molar-refractivity contribution in [3.05, 3.63) is 58.3 Å². The van der Waals surface area contributed by atoms with E-state index in [1.807, 2.05) is 6.07 Å². The number of carbonyl (C=O) groups excluding carboxylic acids is 1. The van der Waals surface area contributed by atoms with E-state index in [2.05, 4.69) is 4.98 Å². The molecule has 0 aliphatic carbocycles. The van der Waals surface area contributed by atoms with Crippen LogP contribution in [0.3, 0.4) is 0 Å². The molecule has 2 bridgehead atoms. The van der Waals surface area contributed by atoms with Crippen molar-refractivity contribution in [2.45, 2.75) is 18.4 Å². The van der Waals surface area contributed by atoms with E-state index in [1.54, 1.807) is 21.6 Å². The minimum absolute atomic E-state index is 0.00819. The lowest BCUT2D eigenvalue weighted by Crippen LogP contribution is -2.52. The van der Waals surface area contributed by atoms with E-state index in [-0.39, 0.29) is 47.4 Å². The van der Waals surface area contributed by atoms with Gasteiger partial charge < -0.3 is 19.7 Å². The largest absolute Gasteiger partial charge is 0.505 e. The van der Waals surface area contributed by atoms with Gasteiger partial charge in [0.05, 0.1) is 12.6 Å². The van der Waals surface area contributed by atoms with Crippen LogP contribution < -0.4 is 5.56 Å². The number of nitrogens with zero attached hydrogens (tertiary/aromatic N) is 3. The van der Waals surface area contributed by atoms with Crippen molar-refractivity contribution < 1.29 is 15.0 Å². The molecule has 2 aromatic rings. The lowest BCUT2D eigenvalue weighted by molar-refractivity contribution is 0.0430. The number of carbonyl (C=O) groups is 1. The number of likely N-dealkylation sites (tertiary alicyclic amines) is 1. The van der Waals surface area contributed by atoms with Crippen LogP contribution in [0.4, 0.5) is 0 Å². The third-order valence-electron chi connectivity index (χ3n) is 5.26. The zero-order valence-corrected chi connectivity index (χ0v) is 13.6. The van der Waals surface area contributed by atoms with Crippen molar-refractivity contribution in [3.63, 3.8) is 0 Å². The Morgan fingerprint density at radius 2 is 2.08 bits per heavy atom. The van der Waals surface area contributed by atoms with Crippen LogP contribution in [0.2, 0.25) is 0 Å². The standard InChI is InChI=1S/C18H19N3O4/c22-10-14-12-7-11(13-3-1-5-16(24)21(13)14)8-20(9-12)18(25)17-15(23)4-2-6-19-17/h1-6,11-12,14,22-23H,7-10H2/t11-,12+,14+/m1/s1. The van der Waals surface area contributed by atoms with Crippen molar-refractivity contribution >= 4 is 5.91 Å². The number of aromatic nitrogens is 2. The first-order valence-electron chi connectivity index (χ1n) is 8.35. The summed E-state index contributed by atoms with van der Waals surface area (Å²) in [5.41, 5.74) is 0.771. The third kappa shape index (κ3) is 2.51. The molecule has 0 spiro atoms. The Labute approximate surface area is 144 Å². The second-order valence-electron chi connectivity index (χ2n) is 6.68. The second-order valence-corrected chi connectivity index (χ2v) is 6.68. The lowest BCUT2D eigenvalue weighted by Gasteiger charge is -2.46. The first-order valence-corrected chi connectivity index (χ1v) is 8.35. The molecule has 3 atom stereocenters. The maximum atomic E-state index is 12.8. The lowest BCUT2D eigenvalue weighted by atomic mass is 9.78. The highest BCUT2D eigenvalue weighted by Crippen LogP contribution is 2.41. The van der Waals surface area contributed by atoms with Gasteiger partial charge in [-0.1, -0.05) is 6.07 Å². The van der Waals surface area contributed by atoms with Crippen LogP contribution in [0.15, 0.2) is 41.3 Å². The number of aliphatic hydroxyl groups is 1. The Bertz CT molecular complexity index is 879. The molecule has 2 N–H and O–H groups in total. The zero-order valence-electron chi connectivity index (χ0n) is 13.6. The van der Waals surface area contributed by atoms with Crippen molar-refractivity contribution in [1.82, 2.24) is 14.5 Å². The molecule has 1 fully saturated rings. The molecule has 130 valence electrons. The average molecular weight is 341 g/mol. The van der Waals surface area contributed by atoms with Crippen LogP contribution in [-0.2, 0) is 0 Å². The molecule has 4 rings (SSSR count). The summed E-state index contributed by atoms with van der Waals surface area (Å²) in [5, 5.41) is 19.8. The summed E-state index contributed by atoms with van der Waals surface area (Å²) in [6.07, 6.45) is 2.30. The molecular weight excluding hydrogens is 322 g/mol. The van der Waals surface area contributed by atoms with Gasteiger partial charge in [-0.05, 0) is 24.6 Å². The number of pyridine rings is 2. The molecule has 7 heteroatoms. The van der Waals surface area contributed by atoms with Crippen LogP contribution in [0.25, 0.3) is 0 Å². The van der Waals surface area contributed by atoms with Gasteiger partial charge in [0.15, 0.2) is 5.69 Å². The van der Waals surface area contributed by atoms with Gasteiger partial charge in [0.2, 0.25) is 0 Å². The summed E-state index contributed by atoms with van der Waals surface area (Å²) in [6.45, 7) is 0.746. The molecule has 0 aromatic carbocycles. The number of rotatable bonds is 2. The fourth-order valence-corrected chi connectivity index (χ4v) is 4.15. The highest BCUT2D eigenvalue weighted by atomic mass is 16.3. The van der Waals surface area contributed by atoms with Crippen LogP contribution in [0.5, 0.6) is 5.75 Å². The Hall–Kier alpha value is -2.67. The predicted octanol–water partition coefficient (Wildman–Crippen LogP) is 0.742. The van der Waals surface area contributed by atoms with Crippen LogP contribution in [0, 0.1) is 5.92 Å². The molecule has 1 amide bonds. The highest BCUT2D eigenvalue weighted by Gasteiger charge is 2.42. The van der Waals surface area contributed by atoms with E-state index in [9.17, 15) is 19.8 Å². The van der Waals surface area contributed by atoms with Crippen molar-refractivity contribution in [3.8, 4) is 5.75 Å². The monoisotopic (exact) mass is 341 g/mol. The molecule has 0 unspecified atom stereocenters. The van der Waals surface area contributed by atoms with Gasteiger partial charge in [0, 0.05) is 42.9 Å². The summed E-state index contributed by atoms with van der Waals surface area (Å²) < 4.78 is 1.68. The Balaban J connectivity index is 1.71. The van der Waals surface area contributed by atoms with Crippen molar-refractivity contribution in [1.29, 1.82) is 0 Å². The molecule has 0 saturated carbocycles. The van der Waals surface area contributed by atoms with Crippen molar-refractivity contribution in [2.75, 3.05) is 19.7 Å². The quantitative estimate of drug-likeness (QED) is 0.840. The maximum Gasteiger partial charge on any atom is 0.276 e. The van der Waals surface area contributed by atoms with E-state index in [4.69, 9.17) is 0 Å². The predicted molar refractivity (Wildman–Crippen MR) is 89.5 cm³/mol. The Morgan fingerprint density at radius 3 is 2.84 bits per heavy atom. The van der Waals surface area contributed by atoms with Gasteiger partial charge in [0.25, 0.3) is 11.5 Å². The molecule has 25 heavy (non-hydrogen) atoms.